The molecule has 4 nitrogen and oxygen atoms in total. The molecule has 28 heavy (non-hydrogen) atoms. The molecule has 3 rings (SSSR count). The molecule has 1 aliphatic carbocycles. The lowest BCUT2D eigenvalue weighted by atomic mass is 10.1. The molecule has 144 valence electrons. The first-order valence-corrected chi connectivity index (χ1v) is 9.49. The number of benzene rings is 2. The average molecular weight is 374 g/mol. The topological polar surface area (TPSA) is 50.7 Å². The first-order chi connectivity index (χ1) is 13.5. The van der Waals surface area contributed by atoms with E-state index in [0.29, 0.717) is 0 Å². The number of carbonyl (C=O) groups is 1. The predicted molar refractivity (Wildman–Crippen MR) is 116 cm³/mol. The van der Waals surface area contributed by atoms with Gasteiger partial charge in [0.2, 0.25) is 5.91 Å². The van der Waals surface area contributed by atoms with Crippen LogP contribution in [-0.2, 0) is 4.79 Å². The first-order valence-electron chi connectivity index (χ1n) is 9.49. The number of aliphatic imine (C=N–C) groups is 1. The summed E-state index contributed by atoms with van der Waals surface area (Å²) in [6.07, 6.45) is 4.45. The molecule has 1 fully saturated rings. The summed E-state index contributed by atoms with van der Waals surface area (Å²) in [6, 6.07) is 15.9. The van der Waals surface area contributed by atoms with Crippen molar-refractivity contribution in [3.05, 3.63) is 73.0 Å². The quantitative estimate of drug-likeness (QED) is 0.491. The highest BCUT2D eigenvalue weighted by Crippen LogP contribution is 2.45. The molecule has 0 spiro atoms. The van der Waals surface area contributed by atoms with Gasteiger partial charge in [-0.25, -0.2) is 0 Å². The van der Waals surface area contributed by atoms with Crippen molar-refractivity contribution in [2.75, 3.05) is 5.32 Å². The van der Waals surface area contributed by atoms with Crippen LogP contribution < -0.4 is 10.1 Å². The summed E-state index contributed by atoms with van der Waals surface area (Å²) in [5.74, 6) is 0.971. The number of nitrogens with one attached hydrogen (secondary N) is 1. The summed E-state index contributed by atoms with van der Waals surface area (Å²) >= 11 is 0. The van der Waals surface area contributed by atoms with Crippen LogP contribution in [-0.4, -0.2) is 18.7 Å². The Labute approximate surface area is 166 Å². The minimum absolute atomic E-state index is 0.0200. The van der Waals surface area contributed by atoms with Gasteiger partial charge in [-0.3, -0.25) is 9.79 Å². The van der Waals surface area contributed by atoms with Crippen molar-refractivity contribution in [3.63, 3.8) is 0 Å². The third-order valence-corrected chi connectivity index (χ3v) is 4.69. The number of anilines is 1. The Morgan fingerprint density at radius 3 is 2.25 bits per heavy atom. The SMILES string of the molecule is C=C/C=C(\N=C)C1CC1C(=O)Nc1ccc(-c2ccc(OC(C)C)cc2)cc1. The molecule has 0 saturated heterocycles. The van der Waals surface area contributed by atoms with Crippen molar-refractivity contribution in [1.29, 1.82) is 0 Å². The van der Waals surface area contributed by atoms with Gasteiger partial charge in [-0.05, 0) is 68.5 Å². The van der Waals surface area contributed by atoms with Crippen LogP contribution >= 0.6 is 0 Å². The molecular formula is C24H26N2O2. The van der Waals surface area contributed by atoms with Crippen molar-refractivity contribution in [2.45, 2.75) is 26.4 Å². The largest absolute Gasteiger partial charge is 0.491 e. The number of hydrogen-bond acceptors (Lipinski definition) is 3. The lowest BCUT2D eigenvalue weighted by Gasteiger charge is -2.10. The van der Waals surface area contributed by atoms with E-state index >= 15 is 0 Å². The minimum Gasteiger partial charge on any atom is -0.491 e. The molecule has 2 atom stereocenters. The Hall–Kier alpha value is -3.14. The molecule has 0 aromatic heterocycles. The van der Waals surface area contributed by atoms with Gasteiger partial charge in [-0.1, -0.05) is 36.9 Å². The van der Waals surface area contributed by atoms with Crippen LogP contribution in [0.1, 0.15) is 20.3 Å². The summed E-state index contributed by atoms with van der Waals surface area (Å²) in [5, 5.41) is 2.99. The molecule has 0 bridgehead atoms. The zero-order chi connectivity index (χ0) is 20.1. The summed E-state index contributed by atoms with van der Waals surface area (Å²) < 4.78 is 5.68. The molecule has 2 aromatic carbocycles. The van der Waals surface area contributed by atoms with E-state index in [-0.39, 0.29) is 23.8 Å². The fourth-order valence-corrected chi connectivity index (χ4v) is 3.21. The van der Waals surface area contributed by atoms with E-state index in [1.165, 1.54) is 0 Å². The van der Waals surface area contributed by atoms with Gasteiger partial charge in [0.1, 0.15) is 5.75 Å². The molecule has 0 aliphatic heterocycles. The van der Waals surface area contributed by atoms with Crippen molar-refractivity contribution in [2.24, 2.45) is 16.8 Å². The standard InChI is InChI=1S/C24H26N2O2/c1-5-6-23(25-4)21-15-22(21)24(27)26-19-11-7-17(8-12-19)18-9-13-20(14-10-18)28-16(2)3/h5-14,16,21-22H,1,4,15H2,2-3H3,(H,26,27)/b23-6-. The van der Waals surface area contributed by atoms with Crippen LogP contribution in [0.3, 0.4) is 0 Å². The predicted octanol–water partition coefficient (Wildman–Crippen LogP) is 5.49. The van der Waals surface area contributed by atoms with Gasteiger partial charge in [0.05, 0.1) is 6.10 Å². The van der Waals surface area contributed by atoms with Gasteiger partial charge in [0.25, 0.3) is 0 Å². The van der Waals surface area contributed by atoms with Crippen LogP contribution in [0, 0.1) is 11.8 Å². The smallest absolute Gasteiger partial charge is 0.228 e. The highest BCUT2D eigenvalue weighted by Gasteiger charge is 2.45. The zero-order valence-electron chi connectivity index (χ0n) is 16.4. The van der Waals surface area contributed by atoms with E-state index in [9.17, 15) is 4.79 Å². The van der Waals surface area contributed by atoms with Gasteiger partial charge in [-0.15, -0.1) is 0 Å². The lowest BCUT2D eigenvalue weighted by Crippen LogP contribution is -2.15. The number of rotatable bonds is 8. The third-order valence-electron chi connectivity index (χ3n) is 4.69. The fourth-order valence-electron chi connectivity index (χ4n) is 3.21. The molecule has 4 heteroatoms. The van der Waals surface area contributed by atoms with Gasteiger partial charge < -0.3 is 10.1 Å². The van der Waals surface area contributed by atoms with Crippen molar-refractivity contribution in [3.8, 4) is 16.9 Å². The molecule has 1 saturated carbocycles. The Morgan fingerprint density at radius 2 is 1.71 bits per heavy atom. The van der Waals surface area contributed by atoms with Crippen molar-refractivity contribution < 1.29 is 9.53 Å². The van der Waals surface area contributed by atoms with Gasteiger partial charge in [0, 0.05) is 23.2 Å². The van der Waals surface area contributed by atoms with Crippen molar-refractivity contribution in [1.82, 2.24) is 0 Å². The lowest BCUT2D eigenvalue weighted by molar-refractivity contribution is -0.117. The summed E-state index contributed by atoms with van der Waals surface area (Å²) in [5.41, 5.74) is 3.81. The van der Waals surface area contributed by atoms with Crippen molar-refractivity contribution >= 4 is 18.3 Å². The Morgan fingerprint density at radius 1 is 1.11 bits per heavy atom. The maximum Gasteiger partial charge on any atom is 0.228 e. The van der Waals surface area contributed by atoms with Crippen LogP contribution in [0.15, 0.2) is 78.0 Å². The number of hydrogen-bond donors (Lipinski definition) is 1. The van der Waals surface area contributed by atoms with E-state index in [2.05, 4.69) is 23.6 Å². The number of nitrogens with zero attached hydrogens (tertiary/aromatic N) is 1. The molecule has 1 aliphatic rings. The number of carbonyl (C=O) groups excluding carboxylic acids is 1. The number of ether oxygens (including phenoxy) is 1. The second-order valence-electron chi connectivity index (χ2n) is 7.19. The van der Waals surface area contributed by atoms with E-state index in [1.54, 1.807) is 6.08 Å². The second-order valence-corrected chi connectivity index (χ2v) is 7.19. The normalized spacial score (nSPS) is 18.5. The summed E-state index contributed by atoms with van der Waals surface area (Å²) in [4.78, 5) is 16.4. The molecule has 0 radical (unpaired) electrons. The monoisotopic (exact) mass is 374 g/mol. The molecule has 2 unspecified atom stereocenters. The van der Waals surface area contributed by atoms with Gasteiger partial charge in [0.15, 0.2) is 0 Å². The van der Waals surface area contributed by atoms with E-state index < -0.39 is 0 Å². The second kappa shape index (κ2) is 8.70. The minimum atomic E-state index is -0.0510. The molecular weight excluding hydrogens is 348 g/mol. The molecule has 1 N–H and O–H groups in total. The molecule has 2 aromatic rings. The maximum atomic E-state index is 12.5. The van der Waals surface area contributed by atoms with Gasteiger partial charge in [-0.2, -0.15) is 0 Å². The molecule has 0 heterocycles. The van der Waals surface area contributed by atoms with Crippen LogP contribution in [0.5, 0.6) is 5.75 Å². The Bertz CT molecular complexity index is 880. The number of allylic oxidation sites excluding steroid dienone is 3. The average Bonchev–Trinajstić information content (AvgIpc) is 3.48. The number of amides is 1. The van der Waals surface area contributed by atoms with Crippen LogP contribution in [0.25, 0.3) is 11.1 Å². The zero-order valence-corrected chi connectivity index (χ0v) is 16.4. The Balaban J connectivity index is 1.60. The van der Waals surface area contributed by atoms with E-state index in [1.807, 2.05) is 68.5 Å². The highest BCUT2D eigenvalue weighted by molar-refractivity contribution is 5.95. The first kappa shape index (κ1) is 19.6. The highest BCUT2D eigenvalue weighted by atomic mass is 16.5. The van der Waals surface area contributed by atoms with Crippen LogP contribution in [0.4, 0.5) is 5.69 Å². The third kappa shape index (κ3) is 4.77. The van der Waals surface area contributed by atoms with E-state index in [4.69, 9.17) is 4.74 Å². The Kier molecular flexibility index (Phi) is 6.09. The van der Waals surface area contributed by atoms with E-state index in [0.717, 1.165) is 34.7 Å². The van der Waals surface area contributed by atoms with Gasteiger partial charge >= 0.3 is 0 Å². The molecule has 1 amide bonds. The summed E-state index contributed by atoms with van der Waals surface area (Å²) in [7, 11) is 0. The van der Waals surface area contributed by atoms with Crippen LogP contribution in [0.2, 0.25) is 0 Å². The fraction of sp³-hybridized carbons (Fsp3) is 0.250. The maximum absolute atomic E-state index is 12.5. The summed E-state index contributed by atoms with van der Waals surface area (Å²) in [6.45, 7) is 11.3.